The number of hydrogen-bond acceptors (Lipinski definition) is 2. The highest BCUT2D eigenvalue weighted by molar-refractivity contribution is 5.84. The first kappa shape index (κ1) is 14.3. The van der Waals surface area contributed by atoms with E-state index in [1.54, 1.807) is 0 Å². The molecule has 0 spiro atoms. The molecule has 1 aromatic rings. The third kappa shape index (κ3) is 5.04. The molecule has 0 aromatic heterocycles. The lowest BCUT2D eigenvalue weighted by molar-refractivity contribution is -0.117. The Labute approximate surface area is 109 Å². The molecular formula is C15H21NO2. The van der Waals surface area contributed by atoms with E-state index < -0.39 is 0 Å². The number of rotatable bonds is 7. The van der Waals surface area contributed by atoms with Gasteiger partial charge in [-0.3, -0.25) is 4.79 Å². The third-order valence-electron chi connectivity index (χ3n) is 2.55. The van der Waals surface area contributed by atoms with Gasteiger partial charge in [-0.2, -0.15) is 0 Å². The standard InChI is InChI=1S/C15H21NO2/c1-4-5-6-11-18-15-9-7-14(8-10-15)12(2)16-13(3)17/h7-10H,2,4-6,11H2,1,3H3,(H,16,17). The normalized spacial score (nSPS) is 9.89. The van der Waals surface area contributed by atoms with Gasteiger partial charge in [0.25, 0.3) is 0 Å². The monoisotopic (exact) mass is 247 g/mol. The summed E-state index contributed by atoms with van der Waals surface area (Å²) in [5, 5.41) is 2.66. The molecule has 0 heterocycles. The third-order valence-corrected chi connectivity index (χ3v) is 2.55. The molecule has 98 valence electrons. The maximum Gasteiger partial charge on any atom is 0.221 e. The van der Waals surface area contributed by atoms with Gasteiger partial charge in [-0.1, -0.05) is 26.3 Å². The quantitative estimate of drug-likeness (QED) is 0.750. The van der Waals surface area contributed by atoms with Crippen LogP contribution in [0.5, 0.6) is 5.75 Å². The number of nitrogens with one attached hydrogen (secondary N) is 1. The number of carbonyl (C=O) groups excluding carboxylic acids is 1. The van der Waals surface area contributed by atoms with E-state index in [4.69, 9.17) is 4.74 Å². The van der Waals surface area contributed by atoms with Crippen LogP contribution in [0.2, 0.25) is 0 Å². The van der Waals surface area contributed by atoms with E-state index in [0.29, 0.717) is 5.70 Å². The lowest BCUT2D eigenvalue weighted by Crippen LogP contribution is -2.17. The molecule has 0 aliphatic carbocycles. The molecule has 1 rings (SSSR count). The molecular weight excluding hydrogens is 226 g/mol. The maximum absolute atomic E-state index is 10.9. The fourth-order valence-electron chi connectivity index (χ4n) is 1.58. The van der Waals surface area contributed by atoms with Gasteiger partial charge in [0.2, 0.25) is 5.91 Å². The topological polar surface area (TPSA) is 38.3 Å². The van der Waals surface area contributed by atoms with Crippen LogP contribution in [0.15, 0.2) is 30.8 Å². The second kappa shape index (κ2) is 7.54. The van der Waals surface area contributed by atoms with Crippen molar-refractivity contribution < 1.29 is 9.53 Å². The molecule has 1 N–H and O–H groups in total. The largest absolute Gasteiger partial charge is 0.494 e. The van der Waals surface area contributed by atoms with Gasteiger partial charge in [-0.25, -0.2) is 0 Å². The SMILES string of the molecule is C=C(NC(C)=O)c1ccc(OCCCCC)cc1. The lowest BCUT2D eigenvalue weighted by Gasteiger charge is -2.09. The van der Waals surface area contributed by atoms with Crippen molar-refractivity contribution in [1.29, 1.82) is 0 Å². The van der Waals surface area contributed by atoms with Crippen LogP contribution in [-0.4, -0.2) is 12.5 Å². The van der Waals surface area contributed by atoms with Crippen molar-refractivity contribution in [1.82, 2.24) is 5.32 Å². The van der Waals surface area contributed by atoms with Gasteiger partial charge < -0.3 is 10.1 Å². The Bertz CT molecular complexity index is 395. The summed E-state index contributed by atoms with van der Waals surface area (Å²) in [5.41, 5.74) is 1.51. The minimum Gasteiger partial charge on any atom is -0.494 e. The lowest BCUT2D eigenvalue weighted by atomic mass is 10.1. The van der Waals surface area contributed by atoms with E-state index in [0.717, 1.165) is 24.3 Å². The molecule has 3 heteroatoms. The Morgan fingerprint density at radius 3 is 2.50 bits per heavy atom. The van der Waals surface area contributed by atoms with Gasteiger partial charge in [0.1, 0.15) is 5.75 Å². The summed E-state index contributed by atoms with van der Waals surface area (Å²) in [6.45, 7) is 8.20. The molecule has 0 aliphatic heterocycles. The highest BCUT2D eigenvalue weighted by Gasteiger charge is 2.01. The first-order valence-electron chi connectivity index (χ1n) is 6.33. The number of carbonyl (C=O) groups is 1. The first-order chi connectivity index (χ1) is 8.63. The number of unbranched alkanes of at least 4 members (excludes halogenated alkanes) is 2. The second-order valence-electron chi connectivity index (χ2n) is 4.24. The summed E-state index contributed by atoms with van der Waals surface area (Å²) in [6.07, 6.45) is 3.47. The van der Waals surface area contributed by atoms with E-state index in [-0.39, 0.29) is 5.91 Å². The Hall–Kier alpha value is -1.77. The smallest absolute Gasteiger partial charge is 0.221 e. The molecule has 0 unspecified atom stereocenters. The fourth-order valence-corrected chi connectivity index (χ4v) is 1.58. The van der Waals surface area contributed by atoms with E-state index in [9.17, 15) is 4.79 Å². The van der Waals surface area contributed by atoms with Crippen LogP contribution in [0.3, 0.4) is 0 Å². The summed E-state index contributed by atoms with van der Waals surface area (Å²) in [4.78, 5) is 10.9. The fraction of sp³-hybridized carbons (Fsp3) is 0.400. The predicted octanol–water partition coefficient (Wildman–Crippen LogP) is 3.36. The summed E-state index contributed by atoms with van der Waals surface area (Å²) in [6, 6.07) is 7.59. The van der Waals surface area contributed by atoms with E-state index >= 15 is 0 Å². The zero-order valence-electron chi connectivity index (χ0n) is 11.2. The molecule has 1 aromatic carbocycles. The summed E-state index contributed by atoms with van der Waals surface area (Å²) in [5.74, 6) is 0.741. The van der Waals surface area contributed by atoms with Crippen LogP contribution >= 0.6 is 0 Å². The molecule has 0 bridgehead atoms. The van der Waals surface area contributed by atoms with Crippen LogP contribution in [0, 0.1) is 0 Å². The maximum atomic E-state index is 10.9. The summed E-state index contributed by atoms with van der Waals surface area (Å²) in [7, 11) is 0. The molecule has 18 heavy (non-hydrogen) atoms. The van der Waals surface area contributed by atoms with Crippen molar-refractivity contribution >= 4 is 11.6 Å². The van der Waals surface area contributed by atoms with Gasteiger partial charge in [0.15, 0.2) is 0 Å². The van der Waals surface area contributed by atoms with Crippen molar-refractivity contribution in [2.75, 3.05) is 6.61 Å². The molecule has 0 aliphatic rings. The number of ether oxygens (including phenoxy) is 1. The molecule has 0 saturated carbocycles. The van der Waals surface area contributed by atoms with Gasteiger partial charge in [-0.15, -0.1) is 0 Å². The van der Waals surface area contributed by atoms with E-state index in [2.05, 4.69) is 18.8 Å². The van der Waals surface area contributed by atoms with E-state index in [1.165, 1.54) is 19.8 Å². The zero-order chi connectivity index (χ0) is 13.4. The summed E-state index contributed by atoms with van der Waals surface area (Å²) < 4.78 is 5.61. The molecule has 0 radical (unpaired) electrons. The van der Waals surface area contributed by atoms with Crippen molar-refractivity contribution in [2.45, 2.75) is 33.1 Å². The van der Waals surface area contributed by atoms with Crippen LogP contribution in [0.25, 0.3) is 5.70 Å². The van der Waals surface area contributed by atoms with Gasteiger partial charge in [-0.05, 0) is 36.2 Å². The highest BCUT2D eigenvalue weighted by Crippen LogP contribution is 2.16. The molecule has 1 amide bonds. The number of amides is 1. The molecule has 3 nitrogen and oxygen atoms in total. The summed E-state index contributed by atoms with van der Waals surface area (Å²) >= 11 is 0. The van der Waals surface area contributed by atoms with Gasteiger partial charge >= 0.3 is 0 Å². The highest BCUT2D eigenvalue weighted by atomic mass is 16.5. The van der Waals surface area contributed by atoms with Crippen molar-refractivity contribution in [3.63, 3.8) is 0 Å². The average molecular weight is 247 g/mol. The van der Waals surface area contributed by atoms with Crippen LogP contribution in [0.1, 0.15) is 38.7 Å². The Kier molecular flexibility index (Phi) is 5.98. The minimum absolute atomic E-state index is 0.111. The molecule has 0 fully saturated rings. The number of hydrogen-bond donors (Lipinski definition) is 1. The van der Waals surface area contributed by atoms with Crippen LogP contribution in [0.4, 0.5) is 0 Å². The predicted molar refractivity (Wildman–Crippen MR) is 74.3 cm³/mol. The second-order valence-corrected chi connectivity index (χ2v) is 4.24. The van der Waals surface area contributed by atoms with Crippen molar-refractivity contribution in [3.05, 3.63) is 36.4 Å². The zero-order valence-corrected chi connectivity index (χ0v) is 11.2. The van der Waals surface area contributed by atoms with E-state index in [1.807, 2.05) is 24.3 Å². The average Bonchev–Trinajstić information content (AvgIpc) is 2.34. The Morgan fingerprint density at radius 1 is 1.28 bits per heavy atom. The van der Waals surface area contributed by atoms with Crippen molar-refractivity contribution in [2.24, 2.45) is 0 Å². The van der Waals surface area contributed by atoms with Gasteiger partial charge in [0, 0.05) is 12.6 Å². The van der Waals surface area contributed by atoms with Crippen LogP contribution < -0.4 is 10.1 Å². The van der Waals surface area contributed by atoms with Gasteiger partial charge in [0.05, 0.1) is 6.61 Å². The number of benzene rings is 1. The van der Waals surface area contributed by atoms with Crippen LogP contribution in [-0.2, 0) is 4.79 Å². The van der Waals surface area contributed by atoms with Crippen molar-refractivity contribution in [3.8, 4) is 5.75 Å². The first-order valence-corrected chi connectivity index (χ1v) is 6.33. The Morgan fingerprint density at radius 2 is 1.94 bits per heavy atom. The molecule has 0 saturated heterocycles. The molecule has 0 atom stereocenters. The minimum atomic E-state index is -0.111. The Balaban J connectivity index is 2.47.